The number of anilines is 1. The van der Waals surface area contributed by atoms with E-state index in [0.717, 1.165) is 49.0 Å². The highest BCUT2D eigenvalue weighted by molar-refractivity contribution is 7.16. The predicted octanol–water partition coefficient (Wildman–Crippen LogP) is 3.85. The van der Waals surface area contributed by atoms with Crippen LogP contribution in [-0.2, 0) is 16.1 Å². The molecule has 1 N–H and O–H groups in total. The fourth-order valence-electron chi connectivity index (χ4n) is 2.62. The van der Waals surface area contributed by atoms with Crippen molar-refractivity contribution >= 4 is 34.0 Å². The van der Waals surface area contributed by atoms with Crippen LogP contribution < -0.4 is 5.32 Å². The number of hydrogen-bond acceptors (Lipinski definition) is 5. The minimum absolute atomic E-state index is 0.112. The van der Waals surface area contributed by atoms with Gasteiger partial charge in [0.25, 0.3) is 0 Å². The van der Waals surface area contributed by atoms with Crippen LogP contribution in [0.25, 0.3) is 11.3 Å². The van der Waals surface area contributed by atoms with Gasteiger partial charge in [-0.2, -0.15) is 0 Å². The van der Waals surface area contributed by atoms with E-state index in [4.69, 9.17) is 21.3 Å². The zero-order chi connectivity index (χ0) is 18.6. The summed E-state index contributed by atoms with van der Waals surface area (Å²) < 4.78 is 5.44. The van der Waals surface area contributed by atoms with E-state index in [9.17, 15) is 4.79 Å². The van der Waals surface area contributed by atoms with Crippen molar-refractivity contribution in [3.63, 3.8) is 0 Å². The van der Waals surface area contributed by atoms with E-state index in [1.165, 1.54) is 11.3 Å². The summed E-state index contributed by atoms with van der Waals surface area (Å²) in [7, 11) is 0. The molecule has 0 saturated carbocycles. The number of ether oxygens (including phenoxy) is 1. The fourth-order valence-corrected chi connectivity index (χ4v) is 3.77. The molecule has 1 aromatic heterocycles. The number of thiazole rings is 1. The zero-order valence-corrected chi connectivity index (χ0v) is 16.7. The van der Waals surface area contributed by atoms with Gasteiger partial charge in [0.15, 0.2) is 5.13 Å². The van der Waals surface area contributed by atoms with Crippen molar-refractivity contribution in [1.29, 1.82) is 0 Å². The molecule has 1 amide bonds. The maximum Gasteiger partial charge on any atom is 0.233 e. The third-order valence-electron chi connectivity index (χ3n) is 4.38. The fraction of sp³-hybridized carbons (Fsp3) is 0.474. The molecule has 1 saturated heterocycles. The summed E-state index contributed by atoms with van der Waals surface area (Å²) in [4.78, 5) is 20.7. The SMILES string of the molecule is CC(C)(CCl)C(=O)Nc1nc(-c2ccccc2)c(CN2CCOCC2)s1. The van der Waals surface area contributed by atoms with E-state index in [0.29, 0.717) is 5.13 Å². The minimum atomic E-state index is -0.634. The van der Waals surface area contributed by atoms with Crippen LogP contribution >= 0.6 is 22.9 Å². The highest BCUT2D eigenvalue weighted by Crippen LogP contribution is 2.33. The summed E-state index contributed by atoms with van der Waals surface area (Å²) in [5.74, 6) is 0.148. The number of morpholine rings is 1. The molecule has 1 aromatic carbocycles. The Bertz CT molecular complexity index is 742. The first-order valence-electron chi connectivity index (χ1n) is 8.72. The molecule has 7 heteroatoms. The van der Waals surface area contributed by atoms with Crippen molar-refractivity contribution in [3.05, 3.63) is 35.2 Å². The van der Waals surface area contributed by atoms with Crippen LogP contribution in [0.15, 0.2) is 30.3 Å². The Morgan fingerprint density at radius 1 is 1.31 bits per heavy atom. The second kappa shape index (κ2) is 8.48. The summed E-state index contributed by atoms with van der Waals surface area (Å²) in [5.41, 5.74) is 1.36. The first-order valence-corrected chi connectivity index (χ1v) is 10.1. The number of benzene rings is 1. The molecule has 0 unspecified atom stereocenters. The molecule has 26 heavy (non-hydrogen) atoms. The summed E-state index contributed by atoms with van der Waals surface area (Å²) in [5, 5.41) is 3.56. The van der Waals surface area contributed by atoms with Crippen LogP contribution in [0.4, 0.5) is 5.13 Å². The van der Waals surface area contributed by atoms with Crippen molar-refractivity contribution < 1.29 is 9.53 Å². The van der Waals surface area contributed by atoms with Crippen molar-refractivity contribution in [3.8, 4) is 11.3 Å². The van der Waals surface area contributed by atoms with E-state index < -0.39 is 5.41 Å². The number of nitrogens with one attached hydrogen (secondary N) is 1. The summed E-state index contributed by atoms with van der Waals surface area (Å²) in [6, 6.07) is 10.1. The topological polar surface area (TPSA) is 54.5 Å². The maximum absolute atomic E-state index is 12.5. The molecule has 1 fully saturated rings. The van der Waals surface area contributed by atoms with Gasteiger partial charge in [-0.25, -0.2) is 4.98 Å². The van der Waals surface area contributed by atoms with Crippen molar-refractivity contribution in [2.75, 3.05) is 37.5 Å². The molecule has 2 heterocycles. The van der Waals surface area contributed by atoms with Gasteiger partial charge in [0.1, 0.15) is 0 Å². The van der Waals surface area contributed by atoms with E-state index in [2.05, 4.69) is 10.2 Å². The number of amides is 1. The van der Waals surface area contributed by atoms with Crippen LogP contribution in [-0.4, -0.2) is 48.0 Å². The van der Waals surface area contributed by atoms with Crippen LogP contribution in [0.1, 0.15) is 18.7 Å². The van der Waals surface area contributed by atoms with Crippen LogP contribution in [0.3, 0.4) is 0 Å². The number of hydrogen-bond donors (Lipinski definition) is 1. The largest absolute Gasteiger partial charge is 0.379 e. The van der Waals surface area contributed by atoms with Crippen LogP contribution in [0.2, 0.25) is 0 Å². The predicted molar refractivity (Wildman–Crippen MR) is 107 cm³/mol. The molecule has 5 nitrogen and oxygen atoms in total. The van der Waals surface area contributed by atoms with E-state index in [1.54, 1.807) is 0 Å². The first kappa shape index (κ1) is 19.3. The number of carbonyl (C=O) groups is 1. The quantitative estimate of drug-likeness (QED) is 0.757. The van der Waals surface area contributed by atoms with Gasteiger partial charge in [0, 0.05) is 36.0 Å². The third kappa shape index (κ3) is 4.62. The van der Waals surface area contributed by atoms with E-state index in [-0.39, 0.29) is 11.8 Å². The highest BCUT2D eigenvalue weighted by Gasteiger charge is 2.28. The Hall–Kier alpha value is -1.47. The average Bonchev–Trinajstić information content (AvgIpc) is 3.05. The number of halogens is 1. The van der Waals surface area contributed by atoms with Crippen LogP contribution in [0.5, 0.6) is 0 Å². The molecule has 140 valence electrons. The van der Waals surface area contributed by atoms with Crippen molar-refractivity contribution in [2.24, 2.45) is 5.41 Å². The number of carbonyl (C=O) groups excluding carboxylic acids is 1. The number of alkyl halides is 1. The molecule has 3 rings (SSSR count). The van der Waals surface area contributed by atoms with Gasteiger partial charge in [-0.1, -0.05) is 41.7 Å². The molecule has 0 aliphatic carbocycles. The second-order valence-electron chi connectivity index (χ2n) is 7.02. The number of rotatable bonds is 6. The molecule has 1 aliphatic heterocycles. The molecule has 0 spiro atoms. The standard InChI is InChI=1S/C19H24ClN3O2S/c1-19(2,13-20)17(24)22-18-21-16(14-6-4-3-5-7-14)15(26-18)12-23-8-10-25-11-9-23/h3-7H,8-13H2,1-2H3,(H,21,22,24). The number of aromatic nitrogens is 1. The number of nitrogens with zero attached hydrogens (tertiary/aromatic N) is 2. The van der Waals surface area contributed by atoms with Gasteiger partial charge < -0.3 is 10.1 Å². The molecule has 1 aliphatic rings. The molecule has 0 atom stereocenters. The van der Waals surface area contributed by atoms with Crippen molar-refractivity contribution in [2.45, 2.75) is 20.4 Å². The molecular weight excluding hydrogens is 370 g/mol. The Kier molecular flexibility index (Phi) is 6.29. The first-order chi connectivity index (χ1) is 12.5. The summed E-state index contributed by atoms with van der Waals surface area (Å²) in [6.07, 6.45) is 0. The lowest BCUT2D eigenvalue weighted by Gasteiger charge is -2.26. The Balaban J connectivity index is 1.86. The van der Waals surface area contributed by atoms with Gasteiger partial charge in [0.2, 0.25) is 5.91 Å². The monoisotopic (exact) mass is 393 g/mol. The molecular formula is C19H24ClN3O2S. The van der Waals surface area contributed by atoms with E-state index >= 15 is 0 Å². The third-order valence-corrected chi connectivity index (χ3v) is 6.01. The van der Waals surface area contributed by atoms with Crippen LogP contribution in [0, 0.1) is 5.41 Å². The average molecular weight is 394 g/mol. The summed E-state index contributed by atoms with van der Waals surface area (Å²) in [6.45, 7) is 7.80. The van der Waals surface area contributed by atoms with Crippen molar-refractivity contribution in [1.82, 2.24) is 9.88 Å². The Morgan fingerprint density at radius 2 is 2.00 bits per heavy atom. The smallest absolute Gasteiger partial charge is 0.233 e. The maximum atomic E-state index is 12.5. The van der Waals surface area contributed by atoms with Gasteiger partial charge in [0.05, 0.1) is 24.3 Å². The molecule has 2 aromatic rings. The van der Waals surface area contributed by atoms with Gasteiger partial charge >= 0.3 is 0 Å². The lowest BCUT2D eigenvalue weighted by Crippen LogP contribution is -2.35. The normalized spacial score (nSPS) is 15.8. The van der Waals surface area contributed by atoms with Gasteiger partial charge in [-0.15, -0.1) is 11.6 Å². The Labute approximate surface area is 163 Å². The Morgan fingerprint density at radius 3 is 2.65 bits per heavy atom. The van der Waals surface area contributed by atoms with Gasteiger partial charge in [-0.05, 0) is 13.8 Å². The molecule has 0 radical (unpaired) electrons. The van der Waals surface area contributed by atoms with Gasteiger partial charge in [-0.3, -0.25) is 9.69 Å². The second-order valence-corrected chi connectivity index (χ2v) is 8.37. The zero-order valence-electron chi connectivity index (χ0n) is 15.1. The minimum Gasteiger partial charge on any atom is -0.379 e. The molecule has 0 bridgehead atoms. The van der Waals surface area contributed by atoms with E-state index in [1.807, 2.05) is 44.2 Å². The highest BCUT2D eigenvalue weighted by atomic mass is 35.5. The summed E-state index contributed by atoms with van der Waals surface area (Å²) >= 11 is 7.45. The lowest BCUT2D eigenvalue weighted by atomic mass is 9.95. The lowest BCUT2D eigenvalue weighted by molar-refractivity contribution is -0.122.